The minimum atomic E-state index is -0.433. The fourth-order valence-electron chi connectivity index (χ4n) is 3.95. The number of nitrogens with one attached hydrogen (secondary N) is 1. The van der Waals surface area contributed by atoms with Gasteiger partial charge < -0.3 is 10.2 Å². The van der Waals surface area contributed by atoms with E-state index in [1.807, 2.05) is 36.9 Å². The maximum Gasteiger partial charge on any atom is 0.271 e. The summed E-state index contributed by atoms with van der Waals surface area (Å²) in [4.78, 5) is 27.2. The van der Waals surface area contributed by atoms with E-state index in [9.17, 15) is 14.0 Å². The van der Waals surface area contributed by atoms with Crippen LogP contribution in [0.5, 0.6) is 0 Å². The second kappa shape index (κ2) is 8.71. The Kier molecular flexibility index (Phi) is 5.84. The first kappa shape index (κ1) is 20.8. The minimum Gasteiger partial charge on any atom is -0.354 e. The van der Waals surface area contributed by atoms with E-state index in [0.717, 1.165) is 36.2 Å². The SMILES string of the molecule is Cc1ccc(NC(=O)C2CCCN(c3ccc(=O)n(-c4cccc(F)c4)n3)C2)c(C)c1. The maximum atomic E-state index is 13.6. The summed E-state index contributed by atoms with van der Waals surface area (Å²) < 4.78 is 14.8. The van der Waals surface area contributed by atoms with E-state index < -0.39 is 5.82 Å². The highest BCUT2D eigenvalue weighted by molar-refractivity contribution is 5.93. The molecule has 2 aromatic carbocycles. The van der Waals surface area contributed by atoms with Gasteiger partial charge in [-0.3, -0.25) is 9.59 Å². The van der Waals surface area contributed by atoms with E-state index in [0.29, 0.717) is 18.1 Å². The molecule has 0 bridgehead atoms. The molecule has 1 aliphatic heterocycles. The molecule has 0 saturated carbocycles. The second-order valence-corrected chi connectivity index (χ2v) is 8.01. The van der Waals surface area contributed by atoms with E-state index in [1.54, 1.807) is 18.2 Å². The molecule has 1 atom stereocenters. The number of aryl methyl sites for hydroxylation is 2. The van der Waals surface area contributed by atoms with Gasteiger partial charge in [0.1, 0.15) is 11.6 Å². The van der Waals surface area contributed by atoms with Crippen LogP contribution in [0.25, 0.3) is 5.69 Å². The average molecular weight is 420 g/mol. The summed E-state index contributed by atoms with van der Waals surface area (Å²) in [6.07, 6.45) is 1.63. The van der Waals surface area contributed by atoms with Crippen molar-refractivity contribution in [3.63, 3.8) is 0 Å². The first-order chi connectivity index (χ1) is 14.9. The normalized spacial score (nSPS) is 16.2. The molecule has 4 rings (SSSR count). The number of piperidine rings is 1. The summed E-state index contributed by atoms with van der Waals surface area (Å²) in [5, 5.41) is 7.49. The number of nitrogens with zero attached hydrogens (tertiary/aromatic N) is 3. The van der Waals surface area contributed by atoms with Gasteiger partial charge in [-0.2, -0.15) is 4.68 Å². The maximum absolute atomic E-state index is 13.6. The van der Waals surface area contributed by atoms with Crippen LogP contribution in [-0.2, 0) is 4.79 Å². The first-order valence-corrected chi connectivity index (χ1v) is 10.4. The lowest BCUT2D eigenvalue weighted by Crippen LogP contribution is -2.41. The van der Waals surface area contributed by atoms with Crippen LogP contribution >= 0.6 is 0 Å². The van der Waals surface area contributed by atoms with Crippen molar-refractivity contribution >= 4 is 17.4 Å². The number of aromatic nitrogens is 2. The average Bonchev–Trinajstić information content (AvgIpc) is 2.76. The standard InChI is InChI=1S/C24H25FN4O2/c1-16-8-9-21(17(2)13-16)26-24(31)18-5-4-12-28(15-18)22-10-11-23(30)29(27-22)20-7-3-6-19(25)14-20/h3,6-11,13-14,18H,4-5,12,15H2,1-2H3,(H,26,31). The number of carbonyl (C=O) groups excluding carboxylic acids is 1. The van der Waals surface area contributed by atoms with Gasteiger partial charge in [-0.15, -0.1) is 5.10 Å². The van der Waals surface area contributed by atoms with Crippen molar-refractivity contribution in [3.05, 3.63) is 81.9 Å². The molecule has 1 N–H and O–H groups in total. The molecule has 2 heterocycles. The molecule has 1 aliphatic rings. The molecular formula is C24H25FN4O2. The number of halogens is 1. The number of hydrogen-bond acceptors (Lipinski definition) is 4. The quantitative estimate of drug-likeness (QED) is 0.696. The molecule has 1 fully saturated rings. The molecule has 6 nitrogen and oxygen atoms in total. The zero-order chi connectivity index (χ0) is 22.0. The summed E-state index contributed by atoms with van der Waals surface area (Å²) in [7, 11) is 0. The second-order valence-electron chi connectivity index (χ2n) is 8.01. The number of carbonyl (C=O) groups is 1. The Balaban J connectivity index is 1.52. The van der Waals surface area contributed by atoms with E-state index in [2.05, 4.69) is 10.4 Å². The van der Waals surface area contributed by atoms with Gasteiger partial charge in [-0.1, -0.05) is 23.8 Å². The van der Waals surface area contributed by atoms with Crippen molar-refractivity contribution in [2.45, 2.75) is 26.7 Å². The monoisotopic (exact) mass is 420 g/mol. The molecule has 160 valence electrons. The van der Waals surface area contributed by atoms with E-state index in [4.69, 9.17) is 0 Å². The number of benzene rings is 2. The third-order valence-corrected chi connectivity index (χ3v) is 5.59. The molecule has 0 spiro atoms. The fourth-order valence-corrected chi connectivity index (χ4v) is 3.95. The summed E-state index contributed by atoms with van der Waals surface area (Å²) in [6.45, 7) is 5.25. The van der Waals surface area contributed by atoms with E-state index in [-0.39, 0.29) is 17.4 Å². The Bertz CT molecular complexity index is 1170. The van der Waals surface area contributed by atoms with Crippen LogP contribution in [0.2, 0.25) is 0 Å². The number of amides is 1. The zero-order valence-corrected chi connectivity index (χ0v) is 17.6. The Morgan fingerprint density at radius 1 is 1.13 bits per heavy atom. The molecule has 1 saturated heterocycles. The van der Waals surface area contributed by atoms with Crippen LogP contribution in [0.3, 0.4) is 0 Å². The van der Waals surface area contributed by atoms with Crippen LogP contribution in [0, 0.1) is 25.6 Å². The molecule has 7 heteroatoms. The van der Waals surface area contributed by atoms with Crippen LogP contribution in [0.4, 0.5) is 15.9 Å². The molecule has 3 aromatic rings. The highest BCUT2D eigenvalue weighted by atomic mass is 19.1. The molecule has 31 heavy (non-hydrogen) atoms. The Morgan fingerprint density at radius 2 is 1.97 bits per heavy atom. The summed E-state index contributed by atoms with van der Waals surface area (Å²) >= 11 is 0. The smallest absolute Gasteiger partial charge is 0.271 e. The molecule has 1 unspecified atom stereocenters. The molecule has 1 amide bonds. The third kappa shape index (κ3) is 4.66. The highest BCUT2D eigenvalue weighted by Crippen LogP contribution is 2.24. The summed E-state index contributed by atoms with van der Waals surface area (Å²) in [5.41, 5.74) is 3.04. The third-order valence-electron chi connectivity index (χ3n) is 5.59. The summed E-state index contributed by atoms with van der Waals surface area (Å²) in [5.74, 6) is -0.0495. The predicted octanol–water partition coefficient (Wildman–Crippen LogP) is 3.84. The van der Waals surface area contributed by atoms with E-state index >= 15 is 0 Å². The van der Waals surface area contributed by atoms with Gasteiger partial charge in [0.2, 0.25) is 5.91 Å². The lowest BCUT2D eigenvalue weighted by atomic mass is 9.96. The van der Waals surface area contributed by atoms with Crippen LogP contribution < -0.4 is 15.8 Å². The van der Waals surface area contributed by atoms with Crippen molar-refractivity contribution in [1.82, 2.24) is 9.78 Å². The van der Waals surface area contributed by atoms with Crippen LogP contribution in [0.15, 0.2) is 59.4 Å². The van der Waals surface area contributed by atoms with Crippen molar-refractivity contribution in [2.24, 2.45) is 5.92 Å². The zero-order valence-electron chi connectivity index (χ0n) is 17.6. The number of anilines is 2. The van der Waals surface area contributed by atoms with Crippen LogP contribution in [0.1, 0.15) is 24.0 Å². The highest BCUT2D eigenvalue weighted by Gasteiger charge is 2.27. The van der Waals surface area contributed by atoms with Crippen molar-refractivity contribution in [2.75, 3.05) is 23.3 Å². The van der Waals surface area contributed by atoms with Crippen molar-refractivity contribution < 1.29 is 9.18 Å². The van der Waals surface area contributed by atoms with E-state index in [1.165, 1.54) is 22.9 Å². The topological polar surface area (TPSA) is 67.2 Å². The van der Waals surface area contributed by atoms with Gasteiger partial charge in [0.15, 0.2) is 0 Å². The van der Waals surface area contributed by atoms with Crippen LogP contribution in [-0.4, -0.2) is 28.8 Å². The van der Waals surface area contributed by atoms with Gasteiger partial charge in [-0.05, 0) is 62.6 Å². The summed E-state index contributed by atoms with van der Waals surface area (Å²) in [6, 6.07) is 14.8. The first-order valence-electron chi connectivity index (χ1n) is 10.4. The lowest BCUT2D eigenvalue weighted by molar-refractivity contribution is -0.120. The van der Waals surface area contributed by atoms with Gasteiger partial charge in [0.05, 0.1) is 11.6 Å². The minimum absolute atomic E-state index is 0.0184. The lowest BCUT2D eigenvalue weighted by Gasteiger charge is -2.33. The number of hydrogen-bond donors (Lipinski definition) is 1. The Hall–Kier alpha value is -3.48. The molecule has 0 aliphatic carbocycles. The molecule has 0 radical (unpaired) electrons. The molecular weight excluding hydrogens is 395 g/mol. The van der Waals surface area contributed by atoms with Crippen molar-refractivity contribution in [1.29, 1.82) is 0 Å². The van der Waals surface area contributed by atoms with Gasteiger partial charge in [-0.25, -0.2) is 4.39 Å². The van der Waals surface area contributed by atoms with Gasteiger partial charge in [0, 0.05) is 24.8 Å². The Morgan fingerprint density at radius 3 is 2.74 bits per heavy atom. The largest absolute Gasteiger partial charge is 0.354 e. The van der Waals surface area contributed by atoms with Gasteiger partial charge in [0.25, 0.3) is 5.56 Å². The number of rotatable bonds is 4. The molecule has 1 aromatic heterocycles. The fraction of sp³-hybridized carbons (Fsp3) is 0.292. The predicted molar refractivity (Wildman–Crippen MR) is 119 cm³/mol. The van der Waals surface area contributed by atoms with Crippen molar-refractivity contribution in [3.8, 4) is 5.69 Å². The van der Waals surface area contributed by atoms with Gasteiger partial charge >= 0.3 is 0 Å². The Labute approximate surface area is 180 Å².